The van der Waals surface area contributed by atoms with Crippen LogP contribution in [0.4, 0.5) is 0 Å². The van der Waals surface area contributed by atoms with Gasteiger partial charge >= 0.3 is 5.97 Å². The Labute approximate surface area is 163 Å². The molecule has 0 aliphatic heterocycles. The molecule has 1 aromatic carbocycles. The first kappa shape index (κ1) is 19.4. The van der Waals surface area contributed by atoms with E-state index >= 15 is 0 Å². The van der Waals surface area contributed by atoms with Crippen LogP contribution in [-0.4, -0.2) is 40.2 Å². The van der Waals surface area contributed by atoms with Gasteiger partial charge < -0.3 is 14.1 Å². The highest BCUT2D eigenvalue weighted by Gasteiger charge is 2.17. The third-order valence-corrected chi connectivity index (χ3v) is 4.34. The summed E-state index contributed by atoms with van der Waals surface area (Å²) in [6, 6.07) is 13.1. The van der Waals surface area contributed by atoms with E-state index < -0.39 is 5.97 Å². The molecule has 0 unspecified atom stereocenters. The van der Waals surface area contributed by atoms with E-state index in [-0.39, 0.29) is 18.3 Å². The SMILES string of the molecule is CCc1ccc(CN(C)C(=O)COC(=O)c2ccc(Cn3cccn3)o2)cc1. The maximum Gasteiger partial charge on any atom is 0.374 e. The number of hydrogen-bond donors (Lipinski definition) is 0. The van der Waals surface area contributed by atoms with E-state index in [2.05, 4.69) is 12.0 Å². The lowest BCUT2D eigenvalue weighted by atomic mass is 10.1. The molecular formula is C21H23N3O4. The molecule has 0 saturated heterocycles. The molecular weight excluding hydrogens is 358 g/mol. The van der Waals surface area contributed by atoms with Gasteiger partial charge in [0.2, 0.25) is 5.76 Å². The number of hydrogen-bond acceptors (Lipinski definition) is 5. The predicted molar refractivity (Wildman–Crippen MR) is 103 cm³/mol. The van der Waals surface area contributed by atoms with Gasteiger partial charge in [0.05, 0.1) is 6.54 Å². The first-order valence-corrected chi connectivity index (χ1v) is 9.10. The minimum absolute atomic E-state index is 0.0627. The molecule has 0 bridgehead atoms. The molecule has 0 aliphatic carbocycles. The quantitative estimate of drug-likeness (QED) is 0.561. The standard InChI is InChI=1S/C21H23N3O4/c1-3-16-5-7-17(8-6-16)13-23(2)20(25)15-27-21(26)19-10-9-18(28-19)14-24-12-4-11-22-24/h4-12H,3,13-15H2,1-2H3. The molecule has 0 N–H and O–H groups in total. The Balaban J connectivity index is 1.47. The van der Waals surface area contributed by atoms with E-state index in [1.807, 2.05) is 24.3 Å². The number of aryl methyl sites for hydroxylation is 1. The Morgan fingerprint density at radius 3 is 2.57 bits per heavy atom. The molecule has 0 atom stereocenters. The molecule has 1 amide bonds. The van der Waals surface area contributed by atoms with Gasteiger partial charge in [-0.1, -0.05) is 31.2 Å². The number of carbonyl (C=O) groups is 2. The fourth-order valence-corrected chi connectivity index (χ4v) is 2.68. The highest BCUT2D eigenvalue weighted by molar-refractivity contribution is 5.88. The van der Waals surface area contributed by atoms with Crippen LogP contribution in [0.15, 0.2) is 59.3 Å². The second-order valence-electron chi connectivity index (χ2n) is 6.47. The summed E-state index contributed by atoms with van der Waals surface area (Å²) in [5.74, 6) is -0.306. The number of furan rings is 1. The molecule has 0 radical (unpaired) electrons. The van der Waals surface area contributed by atoms with Crippen LogP contribution >= 0.6 is 0 Å². The molecule has 0 aliphatic rings. The number of amides is 1. The van der Waals surface area contributed by atoms with Gasteiger partial charge in [-0.15, -0.1) is 0 Å². The molecule has 3 rings (SSSR count). The average molecular weight is 381 g/mol. The van der Waals surface area contributed by atoms with Gasteiger partial charge in [-0.05, 0) is 35.7 Å². The van der Waals surface area contributed by atoms with Gasteiger partial charge in [0.15, 0.2) is 6.61 Å². The van der Waals surface area contributed by atoms with Gasteiger partial charge in [-0.2, -0.15) is 5.10 Å². The predicted octanol–water partition coefficient (Wildman–Crippen LogP) is 2.90. The van der Waals surface area contributed by atoms with Crippen molar-refractivity contribution in [3.63, 3.8) is 0 Å². The Kier molecular flexibility index (Phi) is 6.26. The fourth-order valence-electron chi connectivity index (χ4n) is 2.68. The fraction of sp³-hybridized carbons (Fsp3) is 0.286. The van der Waals surface area contributed by atoms with Crippen molar-refractivity contribution in [1.82, 2.24) is 14.7 Å². The smallest absolute Gasteiger partial charge is 0.374 e. The lowest BCUT2D eigenvalue weighted by Gasteiger charge is -2.17. The van der Waals surface area contributed by atoms with E-state index in [0.717, 1.165) is 12.0 Å². The van der Waals surface area contributed by atoms with Crippen LogP contribution < -0.4 is 0 Å². The second kappa shape index (κ2) is 9.03. The summed E-state index contributed by atoms with van der Waals surface area (Å²) >= 11 is 0. The van der Waals surface area contributed by atoms with Gasteiger partial charge in [-0.25, -0.2) is 4.79 Å². The van der Waals surface area contributed by atoms with Crippen LogP contribution in [0.5, 0.6) is 0 Å². The van der Waals surface area contributed by atoms with Gasteiger partial charge in [-0.3, -0.25) is 9.48 Å². The summed E-state index contributed by atoms with van der Waals surface area (Å²) in [4.78, 5) is 25.9. The molecule has 28 heavy (non-hydrogen) atoms. The molecule has 0 saturated carbocycles. The Morgan fingerprint density at radius 1 is 1.14 bits per heavy atom. The van der Waals surface area contributed by atoms with Crippen LogP contribution in [-0.2, 0) is 29.0 Å². The van der Waals surface area contributed by atoms with E-state index in [0.29, 0.717) is 18.8 Å². The van der Waals surface area contributed by atoms with Crippen LogP contribution in [0.1, 0.15) is 34.4 Å². The number of rotatable bonds is 8. The number of benzene rings is 1. The monoisotopic (exact) mass is 381 g/mol. The summed E-state index contributed by atoms with van der Waals surface area (Å²) in [5, 5.41) is 4.08. The Hall–Kier alpha value is -3.35. The van der Waals surface area contributed by atoms with Crippen LogP contribution in [0.25, 0.3) is 0 Å². The molecule has 2 aromatic heterocycles. The molecule has 2 heterocycles. The third-order valence-electron chi connectivity index (χ3n) is 4.34. The van der Waals surface area contributed by atoms with Crippen molar-refractivity contribution in [3.05, 3.63) is 77.5 Å². The molecule has 7 heteroatoms. The van der Waals surface area contributed by atoms with Crippen molar-refractivity contribution in [2.75, 3.05) is 13.7 Å². The van der Waals surface area contributed by atoms with Crippen molar-refractivity contribution >= 4 is 11.9 Å². The number of aromatic nitrogens is 2. The summed E-state index contributed by atoms with van der Waals surface area (Å²) in [6.45, 7) is 2.63. The number of likely N-dealkylation sites (N-methyl/N-ethyl adjacent to an activating group) is 1. The topological polar surface area (TPSA) is 77.6 Å². The Bertz CT molecular complexity index is 914. The highest BCUT2D eigenvalue weighted by atomic mass is 16.5. The van der Waals surface area contributed by atoms with Crippen LogP contribution in [0.2, 0.25) is 0 Å². The van der Waals surface area contributed by atoms with Crippen molar-refractivity contribution in [3.8, 4) is 0 Å². The number of ether oxygens (including phenoxy) is 1. The van der Waals surface area contributed by atoms with E-state index in [1.54, 1.807) is 36.3 Å². The molecule has 3 aromatic rings. The summed E-state index contributed by atoms with van der Waals surface area (Å²) < 4.78 is 12.2. The highest BCUT2D eigenvalue weighted by Crippen LogP contribution is 2.11. The average Bonchev–Trinajstić information content (AvgIpc) is 3.39. The third kappa shape index (κ3) is 5.09. The van der Waals surface area contributed by atoms with Crippen molar-refractivity contribution in [2.24, 2.45) is 0 Å². The molecule has 0 spiro atoms. The second-order valence-corrected chi connectivity index (χ2v) is 6.47. The maximum absolute atomic E-state index is 12.2. The van der Waals surface area contributed by atoms with Crippen molar-refractivity contribution < 1.29 is 18.7 Å². The largest absolute Gasteiger partial charge is 0.452 e. The minimum atomic E-state index is -0.666. The summed E-state index contributed by atoms with van der Waals surface area (Å²) in [7, 11) is 1.68. The van der Waals surface area contributed by atoms with Crippen molar-refractivity contribution in [1.29, 1.82) is 0 Å². The number of carbonyl (C=O) groups excluding carboxylic acids is 2. The van der Waals surface area contributed by atoms with Gasteiger partial charge in [0.1, 0.15) is 5.76 Å². The first-order chi connectivity index (χ1) is 13.5. The summed E-state index contributed by atoms with van der Waals surface area (Å²) in [6.07, 6.45) is 4.44. The number of esters is 1. The lowest BCUT2D eigenvalue weighted by Crippen LogP contribution is -2.30. The van der Waals surface area contributed by atoms with Crippen LogP contribution in [0.3, 0.4) is 0 Å². The lowest BCUT2D eigenvalue weighted by molar-refractivity contribution is -0.133. The normalized spacial score (nSPS) is 10.6. The molecule has 0 fully saturated rings. The first-order valence-electron chi connectivity index (χ1n) is 9.10. The zero-order valence-corrected chi connectivity index (χ0v) is 16.0. The minimum Gasteiger partial charge on any atom is -0.452 e. The zero-order valence-electron chi connectivity index (χ0n) is 16.0. The summed E-state index contributed by atoms with van der Waals surface area (Å²) in [5.41, 5.74) is 2.27. The van der Waals surface area contributed by atoms with Gasteiger partial charge in [0.25, 0.3) is 5.91 Å². The maximum atomic E-state index is 12.2. The van der Waals surface area contributed by atoms with Crippen molar-refractivity contribution in [2.45, 2.75) is 26.4 Å². The number of nitrogens with zero attached hydrogens (tertiary/aromatic N) is 3. The molecule has 7 nitrogen and oxygen atoms in total. The Morgan fingerprint density at radius 2 is 1.89 bits per heavy atom. The van der Waals surface area contributed by atoms with E-state index in [9.17, 15) is 9.59 Å². The van der Waals surface area contributed by atoms with Crippen LogP contribution in [0, 0.1) is 0 Å². The van der Waals surface area contributed by atoms with E-state index in [4.69, 9.17) is 9.15 Å². The molecule has 146 valence electrons. The zero-order chi connectivity index (χ0) is 19.9. The van der Waals surface area contributed by atoms with E-state index in [1.165, 1.54) is 16.5 Å². The van der Waals surface area contributed by atoms with Gasteiger partial charge in [0, 0.05) is 26.0 Å².